The minimum absolute atomic E-state index is 0.0327. The van der Waals surface area contributed by atoms with Gasteiger partial charge in [-0.1, -0.05) is 19.3 Å². The summed E-state index contributed by atoms with van der Waals surface area (Å²) in [5.74, 6) is 0.955. The Morgan fingerprint density at radius 2 is 1.85 bits per heavy atom. The molecule has 3 aliphatic heterocycles. The Morgan fingerprint density at radius 3 is 2.55 bits per heavy atom. The Hall–Kier alpha value is -3.73. The number of carbonyl (C=O) groups is 2. The van der Waals surface area contributed by atoms with Crippen LogP contribution in [-0.2, 0) is 4.74 Å². The van der Waals surface area contributed by atoms with Gasteiger partial charge in [0.1, 0.15) is 22.8 Å². The van der Waals surface area contributed by atoms with Gasteiger partial charge in [-0.2, -0.15) is 4.98 Å². The number of hydrogen-bond acceptors (Lipinski definition) is 8. The van der Waals surface area contributed by atoms with E-state index >= 15 is 0 Å². The number of nitrogens with zero attached hydrogens (tertiary/aromatic N) is 6. The van der Waals surface area contributed by atoms with E-state index in [1.54, 1.807) is 36.3 Å². The van der Waals surface area contributed by atoms with Crippen molar-refractivity contribution in [3.05, 3.63) is 36.3 Å². The van der Waals surface area contributed by atoms with E-state index in [2.05, 4.69) is 25.2 Å². The minimum atomic E-state index is -0.408. The summed E-state index contributed by atoms with van der Waals surface area (Å²) in [6.07, 6.45) is 12.8. The third-order valence-electron chi connectivity index (χ3n) is 8.98. The van der Waals surface area contributed by atoms with Gasteiger partial charge in [0.05, 0.1) is 18.4 Å². The molecule has 1 saturated carbocycles. The molecule has 11 heteroatoms. The van der Waals surface area contributed by atoms with Gasteiger partial charge in [-0.3, -0.25) is 9.69 Å². The normalized spacial score (nSPS) is 26.4. The molecule has 1 aliphatic carbocycles. The molecule has 0 aromatic carbocycles. The van der Waals surface area contributed by atoms with Crippen LogP contribution >= 0.6 is 0 Å². The Kier molecular flexibility index (Phi) is 6.14. The number of nitrogens with one attached hydrogen (secondary N) is 2. The van der Waals surface area contributed by atoms with E-state index in [4.69, 9.17) is 9.72 Å². The monoisotopic (exact) mass is 544 g/mol. The van der Waals surface area contributed by atoms with Gasteiger partial charge in [-0.25, -0.2) is 14.8 Å². The van der Waals surface area contributed by atoms with Gasteiger partial charge in [-0.05, 0) is 43.9 Å². The summed E-state index contributed by atoms with van der Waals surface area (Å²) in [6, 6.07) is 6.72. The number of rotatable bonds is 5. The fourth-order valence-corrected chi connectivity index (χ4v) is 7.15. The molecule has 210 valence electrons. The fraction of sp³-hybridized carbons (Fsp3) is 0.552. The second kappa shape index (κ2) is 9.72. The van der Waals surface area contributed by atoms with Crippen molar-refractivity contribution < 1.29 is 14.3 Å². The van der Waals surface area contributed by atoms with E-state index in [9.17, 15) is 9.59 Å². The zero-order valence-electron chi connectivity index (χ0n) is 23.1. The van der Waals surface area contributed by atoms with Crippen LogP contribution in [0.2, 0.25) is 0 Å². The number of piperidine rings is 1. The maximum Gasteiger partial charge on any atom is 0.415 e. The molecule has 2 N–H and O–H groups in total. The molecular formula is C29H36N8O3. The van der Waals surface area contributed by atoms with E-state index in [0.717, 1.165) is 62.4 Å². The Morgan fingerprint density at radius 1 is 1.07 bits per heavy atom. The van der Waals surface area contributed by atoms with Crippen LogP contribution in [0.1, 0.15) is 74.3 Å². The molecule has 11 nitrogen and oxygen atoms in total. The van der Waals surface area contributed by atoms with Crippen molar-refractivity contribution in [3.8, 4) is 0 Å². The highest BCUT2D eigenvalue weighted by molar-refractivity contribution is 5.98. The standard InChI is InChI=1S/C29H36N8O3/c1-35(2)26(38)23-12-18-15-31-27(34-25(18)37(23)21-6-4-3-5-7-21)33-24-11-10-22(16-30-24)36-17-29(40-28(36)39)13-19-8-9-20(14-29)32-19/h10-12,15-16,19-21,32H,3-9,13-14,17H2,1-2H3,(H,30,31,33,34)/t19-,20+,29?. The number of aromatic nitrogens is 4. The SMILES string of the molecule is CN(C)C(=O)c1cc2cnc(Nc3ccc(N4CC5(C[C@H]6CC[C@@H](C5)N6)OC4=O)cn3)nc2n1C1CCCCC1. The number of anilines is 3. The molecule has 4 aliphatic rings. The Bertz CT molecular complexity index is 1430. The molecule has 3 atom stereocenters. The molecule has 0 radical (unpaired) electrons. The van der Waals surface area contributed by atoms with Crippen LogP contribution in [0.5, 0.6) is 0 Å². The number of amides is 2. The molecule has 7 rings (SSSR count). The van der Waals surface area contributed by atoms with Crippen LogP contribution < -0.4 is 15.5 Å². The Balaban J connectivity index is 1.12. The van der Waals surface area contributed by atoms with Crippen LogP contribution in [0.25, 0.3) is 11.0 Å². The number of hydrogen-bond donors (Lipinski definition) is 2. The number of pyridine rings is 1. The molecular weight excluding hydrogens is 508 g/mol. The summed E-state index contributed by atoms with van der Waals surface area (Å²) in [6.45, 7) is 0.556. The van der Waals surface area contributed by atoms with Crippen molar-refractivity contribution in [2.75, 3.05) is 30.9 Å². The highest BCUT2D eigenvalue weighted by Crippen LogP contribution is 2.42. The van der Waals surface area contributed by atoms with Gasteiger partial charge in [0.15, 0.2) is 0 Å². The lowest BCUT2D eigenvalue weighted by atomic mass is 9.87. The first-order valence-corrected chi connectivity index (χ1v) is 14.5. The molecule has 4 fully saturated rings. The van der Waals surface area contributed by atoms with Crippen molar-refractivity contribution in [2.24, 2.45) is 0 Å². The fourth-order valence-electron chi connectivity index (χ4n) is 7.15. The summed E-state index contributed by atoms with van der Waals surface area (Å²) in [5, 5.41) is 7.68. The predicted octanol–water partition coefficient (Wildman–Crippen LogP) is 4.39. The highest BCUT2D eigenvalue weighted by Gasteiger charge is 2.52. The van der Waals surface area contributed by atoms with Crippen LogP contribution in [0.4, 0.5) is 22.2 Å². The van der Waals surface area contributed by atoms with E-state index in [1.807, 2.05) is 18.2 Å². The zero-order valence-corrected chi connectivity index (χ0v) is 23.1. The molecule has 3 aromatic heterocycles. The number of carbonyl (C=O) groups excluding carboxylic acids is 2. The lowest BCUT2D eigenvalue weighted by Crippen LogP contribution is -2.50. The van der Waals surface area contributed by atoms with Gasteiger partial charge >= 0.3 is 6.09 Å². The summed E-state index contributed by atoms with van der Waals surface area (Å²) in [5.41, 5.74) is 1.71. The predicted molar refractivity (Wildman–Crippen MR) is 151 cm³/mol. The first kappa shape index (κ1) is 25.3. The van der Waals surface area contributed by atoms with Crippen LogP contribution in [0.3, 0.4) is 0 Å². The second-order valence-electron chi connectivity index (χ2n) is 12.1. The quantitative estimate of drug-likeness (QED) is 0.486. The molecule has 2 bridgehead atoms. The lowest BCUT2D eigenvalue weighted by Gasteiger charge is -2.36. The summed E-state index contributed by atoms with van der Waals surface area (Å²) >= 11 is 0. The molecule has 1 unspecified atom stereocenters. The van der Waals surface area contributed by atoms with Crippen LogP contribution in [-0.4, -0.2) is 74.7 Å². The van der Waals surface area contributed by atoms with Crippen molar-refractivity contribution in [2.45, 2.75) is 81.5 Å². The van der Waals surface area contributed by atoms with Crippen molar-refractivity contribution in [1.29, 1.82) is 0 Å². The molecule has 2 amide bonds. The molecule has 3 saturated heterocycles. The third-order valence-corrected chi connectivity index (χ3v) is 8.98. The zero-order chi connectivity index (χ0) is 27.4. The lowest BCUT2D eigenvalue weighted by molar-refractivity contribution is 0.0161. The van der Waals surface area contributed by atoms with Crippen molar-refractivity contribution in [1.82, 2.24) is 29.7 Å². The van der Waals surface area contributed by atoms with Gasteiger partial charge in [0.25, 0.3) is 5.91 Å². The number of ether oxygens (including phenoxy) is 1. The van der Waals surface area contributed by atoms with E-state index < -0.39 is 5.60 Å². The summed E-state index contributed by atoms with van der Waals surface area (Å²) in [4.78, 5) is 43.1. The van der Waals surface area contributed by atoms with Crippen molar-refractivity contribution >= 4 is 40.5 Å². The smallest absolute Gasteiger partial charge is 0.415 e. The molecule has 40 heavy (non-hydrogen) atoms. The summed E-state index contributed by atoms with van der Waals surface area (Å²) < 4.78 is 8.07. The molecule has 1 spiro atoms. The molecule has 6 heterocycles. The average molecular weight is 545 g/mol. The van der Waals surface area contributed by atoms with Crippen LogP contribution in [0, 0.1) is 0 Å². The minimum Gasteiger partial charge on any atom is -0.441 e. The maximum atomic E-state index is 13.0. The van der Waals surface area contributed by atoms with Gasteiger partial charge in [0, 0.05) is 56.6 Å². The highest BCUT2D eigenvalue weighted by atomic mass is 16.6. The van der Waals surface area contributed by atoms with Gasteiger partial charge in [0.2, 0.25) is 5.95 Å². The second-order valence-corrected chi connectivity index (χ2v) is 12.1. The summed E-state index contributed by atoms with van der Waals surface area (Å²) in [7, 11) is 3.55. The largest absolute Gasteiger partial charge is 0.441 e. The van der Waals surface area contributed by atoms with Gasteiger partial charge < -0.3 is 24.8 Å². The number of fused-ring (bicyclic) bond motifs is 3. The van der Waals surface area contributed by atoms with E-state index in [-0.39, 0.29) is 18.0 Å². The first-order chi connectivity index (χ1) is 19.4. The third kappa shape index (κ3) is 4.46. The first-order valence-electron chi connectivity index (χ1n) is 14.5. The van der Waals surface area contributed by atoms with Crippen molar-refractivity contribution in [3.63, 3.8) is 0 Å². The Labute approximate surface area is 233 Å². The van der Waals surface area contributed by atoms with Gasteiger partial charge in [-0.15, -0.1) is 0 Å². The maximum absolute atomic E-state index is 13.0. The average Bonchev–Trinajstić information content (AvgIpc) is 3.61. The van der Waals surface area contributed by atoms with E-state index in [1.165, 1.54) is 6.42 Å². The molecule has 3 aromatic rings. The van der Waals surface area contributed by atoms with E-state index in [0.29, 0.717) is 41.8 Å². The topological polar surface area (TPSA) is 118 Å². The van der Waals surface area contributed by atoms with Crippen LogP contribution in [0.15, 0.2) is 30.6 Å².